The Morgan fingerprint density at radius 3 is 2.31 bits per heavy atom. The molecule has 0 saturated carbocycles. The largest absolute Gasteiger partial charge is 0.313 e. The van der Waals surface area contributed by atoms with E-state index in [0.717, 1.165) is 52.3 Å². The number of fused-ring (bicyclic) bond motifs is 6. The second-order valence-electron chi connectivity index (χ2n) is 11.0. The molecule has 0 N–H and O–H groups in total. The van der Waals surface area contributed by atoms with E-state index in [1.54, 1.807) is 0 Å². The van der Waals surface area contributed by atoms with Gasteiger partial charge >= 0.3 is 0 Å². The van der Waals surface area contributed by atoms with Crippen molar-refractivity contribution in [3.8, 4) is 17.8 Å². The van der Waals surface area contributed by atoms with Gasteiger partial charge in [0, 0.05) is 39.3 Å². The summed E-state index contributed by atoms with van der Waals surface area (Å²) < 4.78 is 2.15. The SMILES string of the molecule is N#Cc1ccc2c(c1)c1cc(C3=C4C(CC=C3)c3ccccc3N4C3=CCCC=C3)ccc1n2-c1ccccc1C#N. The molecule has 2 heterocycles. The Bertz CT molecular complexity index is 2160. The Labute approximate surface area is 244 Å². The van der Waals surface area contributed by atoms with Gasteiger partial charge in [0.2, 0.25) is 0 Å². The van der Waals surface area contributed by atoms with Crippen molar-refractivity contribution in [2.45, 2.75) is 25.2 Å². The van der Waals surface area contributed by atoms with Crippen molar-refractivity contribution in [3.05, 3.63) is 149 Å². The molecule has 4 heteroatoms. The molecule has 4 aromatic carbocycles. The van der Waals surface area contributed by atoms with Gasteiger partial charge in [-0.15, -0.1) is 0 Å². The number of aromatic nitrogens is 1. The summed E-state index contributed by atoms with van der Waals surface area (Å²) in [6.07, 6.45) is 14.6. The van der Waals surface area contributed by atoms with E-state index in [9.17, 15) is 10.5 Å². The van der Waals surface area contributed by atoms with Crippen molar-refractivity contribution in [1.29, 1.82) is 10.5 Å². The van der Waals surface area contributed by atoms with Crippen molar-refractivity contribution >= 4 is 33.1 Å². The zero-order valence-corrected chi connectivity index (χ0v) is 23.0. The number of benzene rings is 4. The van der Waals surface area contributed by atoms with E-state index >= 15 is 0 Å². The highest BCUT2D eigenvalue weighted by Crippen LogP contribution is 2.52. The topological polar surface area (TPSA) is 55.8 Å². The molecule has 0 fully saturated rings. The lowest BCUT2D eigenvalue weighted by Gasteiger charge is -2.29. The van der Waals surface area contributed by atoms with Crippen LogP contribution in [-0.4, -0.2) is 4.57 Å². The number of hydrogen-bond acceptors (Lipinski definition) is 3. The van der Waals surface area contributed by atoms with E-state index in [1.807, 2.05) is 42.5 Å². The van der Waals surface area contributed by atoms with Crippen LogP contribution >= 0.6 is 0 Å². The molecule has 1 aromatic heterocycles. The van der Waals surface area contributed by atoms with Crippen LogP contribution in [0.2, 0.25) is 0 Å². The van der Waals surface area contributed by atoms with Crippen LogP contribution in [0.25, 0.3) is 33.1 Å². The van der Waals surface area contributed by atoms with E-state index in [2.05, 4.69) is 94.5 Å². The number of hydrogen-bond donors (Lipinski definition) is 0. The Morgan fingerprint density at radius 1 is 0.714 bits per heavy atom. The molecule has 4 nitrogen and oxygen atoms in total. The van der Waals surface area contributed by atoms with Gasteiger partial charge in [0.25, 0.3) is 0 Å². The Balaban J connectivity index is 1.40. The molecule has 1 aliphatic heterocycles. The summed E-state index contributed by atoms with van der Waals surface area (Å²) in [7, 11) is 0. The van der Waals surface area contributed by atoms with Crippen LogP contribution in [0.4, 0.5) is 5.69 Å². The minimum absolute atomic E-state index is 0.294. The molecule has 42 heavy (non-hydrogen) atoms. The number of para-hydroxylation sites is 2. The predicted octanol–water partition coefficient (Wildman–Crippen LogP) is 9.04. The standard InChI is InChI=1S/C38H26N4/c39-23-25-17-19-36-32(21-25)33-22-26(18-20-37(33)42(36)34-15-6-4-9-27(34)24-40)29-13-8-14-31-30-12-5-7-16-35(30)41(38(29)31)28-10-2-1-3-11-28/h2,4-13,15-22,31H,1,3,14H2. The summed E-state index contributed by atoms with van der Waals surface area (Å²) in [6.45, 7) is 0. The molecular weight excluding hydrogens is 512 g/mol. The summed E-state index contributed by atoms with van der Waals surface area (Å²) in [5.74, 6) is 0.294. The Kier molecular flexibility index (Phi) is 5.49. The van der Waals surface area contributed by atoms with Crippen LogP contribution in [0.1, 0.15) is 47.4 Å². The molecule has 198 valence electrons. The van der Waals surface area contributed by atoms with Gasteiger partial charge in [-0.3, -0.25) is 0 Å². The lowest BCUT2D eigenvalue weighted by Crippen LogP contribution is -2.21. The third-order valence-corrected chi connectivity index (χ3v) is 8.76. The van der Waals surface area contributed by atoms with E-state index in [-0.39, 0.29) is 0 Å². The first-order valence-electron chi connectivity index (χ1n) is 14.4. The third kappa shape index (κ3) is 3.53. The van der Waals surface area contributed by atoms with Gasteiger partial charge in [0.05, 0.1) is 33.9 Å². The second kappa shape index (κ2) is 9.51. The van der Waals surface area contributed by atoms with Crippen LogP contribution in [-0.2, 0) is 0 Å². The maximum Gasteiger partial charge on any atom is 0.101 e. The zero-order valence-electron chi connectivity index (χ0n) is 23.0. The van der Waals surface area contributed by atoms with Crippen LogP contribution in [0.3, 0.4) is 0 Å². The smallest absolute Gasteiger partial charge is 0.101 e. The predicted molar refractivity (Wildman–Crippen MR) is 169 cm³/mol. The van der Waals surface area contributed by atoms with Gasteiger partial charge in [-0.05, 0) is 85.0 Å². The maximum atomic E-state index is 9.92. The molecule has 3 aliphatic rings. The molecular formula is C38H26N4. The molecule has 1 unspecified atom stereocenters. The van der Waals surface area contributed by atoms with Crippen LogP contribution < -0.4 is 4.90 Å². The zero-order chi connectivity index (χ0) is 28.2. The summed E-state index contributed by atoms with van der Waals surface area (Å²) in [6, 6.07) is 33.6. The molecule has 0 bridgehead atoms. The molecule has 0 spiro atoms. The van der Waals surface area contributed by atoms with Gasteiger partial charge in [-0.1, -0.05) is 60.7 Å². The minimum atomic E-state index is 0.294. The molecule has 2 aliphatic carbocycles. The number of allylic oxidation sites excluding steroid dienone is 7. The summed E-state index contributed by atoms with van der Waals surface area (Å²) in [5, 5.41) is 21.7. The average molecular weight is 539 g/mol. The van der Waals surface area contributed by atoms with Crippen LogP contribution in [0.15, 0.2) is 127 Å². The fourth-order valence-electron chi connectivity index (χ4n) is 6.94. The van der Waals surface area contributed by atoms with Gasteiger partial charge in [-0.2, -0.15) is 10.5 Å². The van der Waals surface area contributed by atoms with E-state index < -0.39 is 0 Å². The highest BCUT2D eigenvalue weighted by molar-refractivity contribution is 6.11. The highest BCUT2D eigenvalue weighted by Gasteiger charge is 2.37. The van der Waals surface area contributed by atoms with Gasteiger partial charge in [0.15, 0.2) is 0 Å². The molecule has 1 atom stereocenters. The number of anilines is 1. The molecule has 0 saturated heterocycles. The lowest BCUT2D eigenvalue weighted by molar-refractivity contribution is 0.816. The van der Waals surface area contributed by atoms with Crippen LogP contribution in [0, 0.1) is 22.7 Å². The Morgan fingerprint density at radius 2 is 1.50 bits per heavy atom. The normalized spacial score (nSPS) is 17.2. The molecule has 0 amide bonds. The second-order valence-corrected chi connectivity index (χ2v) is 11.0. The van der Waals surface area contributed by atoms with Crippen molar-refractivity contribution in [3.63, 3.8) is 0 Å². The quantitative estimate of drug-likeness (QED) is 0.230. The first kappa shape index (κ1) is 24.2. The minimum Gasteiger partial charge on any atom is -0.313 e. The third-order valence-electron chi connectivity index (χ3n) is 8.76. The van der Waals surface area contributed by atoms with Gasteiger partial charge < -0.3 is 9.47 Å². The fraction of sp³-hybridized carbons (Fsp3) is 0.105. The fourth-order valence-corrected chi connectivity index (χ4v) is 6.94. The van der Waals surface area contributed by atoms with E-state index in [0.29, 0.717) is 17.0 Å². The average Bonchev–Trinajstić information content (AvgIpc) is 3.57. The number of nitrogens with zero attached hydrogens (tertiary/aromatic N) is 4. The van der Waals surface area contributed by atoms with Crippen LogP contribution in [0.5, 0.6) is 0 Å². The highest BCUT2D eigenvalue weighted by atomic mass is 15.2. The first-order chi connectivity index (χ1) is 20.8. The summed E-state index contributed by atoms with van der Waals surface area (Å²) >= 11 is 0. The van der Waals surface area contributed by atoms with E-state index in [1.165, 1.54) is 28.2 Å². The molecule has 5 aromatic rings. The van der Waals surface area contributed by atoms with Crippen molar-refractivity contribution < 1.29 is 0 Å². The summed E-state index contributed by atoms with van der Waals surface area (Å²) in [5.41, 5.74) is 11.6. The number of rotatable bonds is 3. The van der Waals surface area contributed by atoms with Crippen molar-refractivity contribution in [1.82, 2.24) is 4.57 Å². The molecule has 8 rings (SSSR count). The first-order valence-corrected chi connectivity index (χ1v) is 14.4. The van der Waals surface area contributed by atoms with Gasteiger partial charge in [-0.25, -0.2) is 0 Å². The number of nitriles is 2. The van der Waals surface area contributed by atoms with Crippen molar-refractivity contribution in [2.75, 3.05) is 4.90 Å². The van der Waals surface area contributed by atoms with Gasteiger partial charge in [0.1, 0.15) is 6.07 Å². The lowest BCUT2D eigenvalue weighted by atomic mass is 9.86. The van der Waals surface area contributed by atoms with E-state index in [4.69, 9.17) is 0 Å². The maximum absolute atomic E-state index is 9.92. The molecule has 0 radical (unpaired) electrons. The van der Waals surface area contributed by atoms with Crippen molar-refractivity contribution in [2.24, 2.45) is 0 Å². The Hall–Kier alpha value is -5.58. The monoisotopic (exact) mass is 538 g/mol. The summed E-state index contributed by atoms with van der Waals surface area (Å²) in [4.78, 5) is 2.47.